The number of hydrogen-bond acceptors (Lipinski definition) is 7. The van der Waals surface area contributed by atoms with Gasteiger partial charge in [0.05, 0.1) is 23.9 Å². The quantitative estimate of drug-likeness (QED) is 0.260. The summed E-state index contributed by atoms with van der Waals surface area (Å²) in [5, 5.41) is 22.3. The largest absolute Gasteiger partial charge is 0.507 e. The number of rotatable bonds is 7. The Bertz CT molecular complexity index is 1210. The monoisotopic (exact) mass is 437 g/mol. The molecule has 0 unspecified atom stereocenters. The summed E-state index contributed by atoms with van der Waals surface area (Å²) >= 11 is 1.14. The first-order valence-corrected chi connectivity index (χ1v) is 10.1. The number of carbonyl (C=O) groups is 1. The lowest BCUT2D eigenvalue weighted by atomic mass is 10.2. The lowest BCUT2D eigenvalue weighted by molar-refractivity contribution is -0.118. The first kappa shape index (κ1) is 20.4. The third kappa shape index (κ3) is 4.81. The molecule has 0 aliphatic carbocycles. The Balaban J connectivity index is 1.49. The molecule has 2 aromatic carbocycles. The molecule has 0 aliphatic rings. The van der Waals surface area contributed by atoms with Gasteiger partial charge >= 0.3 is 0 Å². The second kappa shape index (κ2) is 9.26. The summed E-state index contributed by atoms with van der Waals surface area (Å²) in [6, 6.07) is 15.9. The van der Waals surface area contributed by atoms with E-state index < -0.39 is 0 Å². The Labute approximate surface area is 180 Å². The zero-order valence-corrected chi connectivity index (χ0v) is 16.8. The van der Waals surface area contributed by atoms with E-state index in [1.54, 1.807) is 47.0 Å². The summed E-state index contributed by atoms with van der Waals surface area (Å²) in [4.78, 5) is 12.2. The van der Waals surface area contributed by atoms with Crippen LogP contribution in [0.3, 0.4) is 0 Å². The number of phenols is 1. The number of aromatic hydroxyl groups is 1. The first-order valence-electron chi connectivity index (χ1n) is 9.10. The van der Waals surface area contributed by atoms with Crippen LogP contribution in [0.25, 0.3) is 17.3 Å². The van der Waals surface area contributed by atoms with Crippen molar-refractivity contribution in [2.45, 2.75) is 5.16 Å². The van der Waals surface area contributed by atoms with Gasteiger partial charge in [-0.2, -0.15) is 5.10 Å². The van der Waals surface area contributed by atoms with E-state index in [1.165, 1.54) is 30.7 Å². The van der Waals surface area contributed by atoms with Crippen molar-refractivity contribution in [3.8, 4) is 23.0 Å². The number of amides is 1. The fourth-order valence-electron chi connectivity index (χ4n) is 2.68. The van der Waals surface area contributed by atoms with Gasteiger partial charge in [-0.25, -0.2) is 9.82 Å². The van der Waals surface area contributed by atoms with Crippen molar-refractivity contribution < 1.29 is 18.7 Å². The van der Waals surface area contributed by atoms with E-state index in [0.29, 0.717) is 28.0 Å². The Morgan fingerprint density at radius 3 is 2.71 bits per heavy atom. The van der Waals surface area contributed by atoms with Crippen LogP contribution in [0.5, 0.6) is 5.75 Å². The number of carbonyl (C=O) groups excluding carboxylic acids is 1. The number of furan rings is 1. The molecule has 31 heavy (non-hydrogen) atoms. The van der Waals surface area contributed by atoms with Gasteiger partial charge in [0.2, 0.25) is 5.82 Å². The topological polar surface area (TPSA) is 106 Å². The molecule has 4 rings (SSSR count). The molecule has 4 aromatic rings. The van der Waals surface area contributed by atoms with Crippen LogP contribution in [0.4, 0.5) is 4.39 Å². The van der Waals surface area contributed by atoms with Crippen molar-refractivity contribution in [1.29, 1.82) is 0 Å². The predicted molar refractivity (Wildman–Crippen MR) is 114 cm³/mol. The maximum absolute atomic E-state index is 13.4. The Morgan fingerprint density at radius 2 is 1.97 bits per heavy atom. The van der Waals surface area contributed by atoms with Gasteiger partial charge in [0.25, 0.3) is 5.91 Å². The van der Waals surface area contributed by atoms with Crippen molar-refractivity contribution in [3.05, 3.63) is 78.3 Å². The molecule has 0 fully saturated rings. The van der Waals surface area contributed by atoms with Crippen molar-refractivity contribution in [2.75, 3.05) is 5.75 Å². The van der Waals surface area contributed by atoms with E-state index in [1.807, 2.05) is 0 Å². The van der Waals surface area contributed by atoms with Crippen LogP contribution in [0, 0.1) is 5.82 Å². The normalized spacial score (nSPS) is 11.1. The van der Waals surface area contributed by atoms with E-state index in [4.69, 9.17) is 4.42 Å². The van der Waals surface area contributed by atoms with Gasteiger partial charge in [0.15, 0.2) is 10.9 Å². The summed E-state index contributed by atoms with van der Waals surface area (Å²) in [6.07, 6.45) is 2.87. The van der Waals surface area contributed by atoms with Crippen molar-refractivity contribution in [2.24, 2.45) is 5.10 Å². The number of aromatic nitrogens is 3. The lowest BCUT2D eigenvalue weighted by Crippen LogP contribution is -2.20. The van der Waals surface area contributed by atoms with Crippen LogP contribution < -0.4 is 5.43 Å². The molecule has 2 aromatic heterocycles. The van der Waals surface area contributed by atoms with Gasteiger partial charge in [0, 0.05) is 5.56 Å². The van der Waals surface area contributed by atoms with Gasteiger partial charge in [-0.1, -0.05) is 23.9 Å². The third-order valence-electron chi connectivity index (χ3n) is 4.12. The smallest absolute Gasteiger partial charge is 0.250 e. The number of para-hydroxylation sites is 1. The number of hydrazone groups is 1. The van der Waals surface area contributed by atoms with Crippen LogP contribution in [-0.2, 0) is 4.79 Å². The number of halogens is 1. The standard InChI is InChI=1S/C21H16FN5O3S/c22-15-7-9-16(10-8-15)27-20(18-6-3-11-30-18)25-26-21(27)31-13-19(29)24-23-12-14-4-1-2-5-17(14)28/h1-12,28H,13H2,(H,24,29). The summed E-state index contributed by atoms with van der Waals surface area (Å²) in [5.41, 5.74) is 3.51. The van der Waals surface area contributed by atoms with E-state index in [2.05, 4.69) is 20.7 Å². The van der Waals surface area contributed by atoms with Crippen LogP contribution in [0.1, 0.15) is 5.56 Å². The predicted octanol–water partition coefficient (Wildman–Crippen LogP) is 3.61. The highest BCUT2D eigenvalue weighted by molar-refractivity contribution is 7.99. The fraction of sp³-hybridized carbons (Fsp3) is 0.0476. The fourth-order valence-corrected chi connectivity index (χ4v) is 3.43. The number of thioether (sulfide) groups is 1. The van der Waals surface area contributed by atoms with Crippen LogP contribution in [-0.4, -0.2) is 37.7 Å². The molecular weight excluding hydrogens is 421 g/mol. The minimum Gasteiger partial charge on any atom is -0.507 e. The summed E-state index contributed by atoms with van der Waals surface area (Å²) in [7, 11) is 0. The van der Waals surface area contributed by atoms with Crippen LogP contribution >= 0.6 is 11.8 Å². The number of hydrogen-bond donors (Lipinski definition) is 2. The van der Waals surface area contributed by atoms with Gasteiger partial charge in [0.1, 0.15) is 11.6 Å². The SMILES string of the molecule is O=C(CSc1nnc(-c2ccco2)n1-c1ccc(F)cc1)NN=Cc1ccccc1O. The Kier molecular flexibility index (Phi) is 6.08. The van der Waals surface area contributed by atoms with E-state index >= 15 is 0 Å². The molecule has 0 saturated heterocycles. The molecule has 8 nitrogen and oxygen atoms in total. The summed E-state index contributed by atoms with van der Waals surface area (Å²) < 4.78 is 20.5. The van der Waals surface area contributed by atoms with Gasteiger partial charge < -0.3 is 9.52 Å². The van der Waals surface area contributed by atoms with E-state index in [9.17, 15) is 14.3 Å². The van der Waals surface area contributed by atoms with Gasteiger partial charge in [-0.05, 0) is 48.5 Å². The lowest BCUT2D eigenvalue weighted by Gasteiger charge is -2.09. The van der Waals surface area contributed by atoms with E-state index in [0.717, 1.165) is 11.8 Å². The molecule has 0 aliphatic heterocycles. The van der Waals surface area contributed by atoms with Crippen molar-refractivity contribution >= 4 is 23.9 Å². The molecule has 0 spiro atoms. The number of benzene rings is 2. The van der Waals surface area contributed by atoms with Crippen molar-refractivity contribution in [3.63, 3.8) is 0 Å². The molecule has 0 saturated carbocycles. The maximum atomic E-state index is 13.4. The molecule has 0 bridgehead atoms. The highest BCUT2D eigenvalue weighted by atomic mass is 32.2. The molecule has 2 N–H and O–H groups in total. The number of nitrogens with one attached hydrogen (secondary N) is 1. The molecule has 10 heteroatoms. The second-order valence-corrected chi connectivity index (χ2v) is 7.18. The average molecular weight is 437 g/mol. The second-order valence-electron chi connectivity index (χ2n) is 6.24. The van der Waals surface area contributed by atoms with Crippen LogP contribution in [0.15, 0.2) is 81.6 Å². The summed E-state index contributed by atoms with van der Waals surface area (Å²) in [6.45, 7) is 0. The zero-order chi connectivity index (χ0) is 21.6. The maximum Gasteiger partial charge on any atom is 0.250 e. The third-order valence-corrected chi connectivity index (χ3v) is 5.05. The zero-order valence-electron chi connectivity index (χ0n) is 16.0. The summed E-state index contributed by atoms with van der Waals surface area (Å²) in [5.74, 6) is 0.248. The van der Waals surface area contributed by atoms with Gasteiger partial charge in [-0.15, -0.1) is 10.2 Å². The number of phenolic OH excluding ortho intramolecular Hbond substituents is 1. The molecule has 1 amide bonds. The van der Waals surface area contributed by atoms with E-state index in [-0.39, 0.29) is 23.2 Å². The highest BCUT2D eigenvalue weighted by Gasteiger charge is 2.19. The first-order chi connectivity index (χ1) is 15.1. The average Bonchev–Trinajstić information content (AvgIpc) is 3.44. The molecule has 2 heterocycles. The van der Waals surface area contributed by atoms with Crippen molar-refractivity contribution in [1.82, 2.24) is 20.2 Å². The minimum atomic E-state index is -0.370. The minimum absolute atomic E-state index is 0.00952. The Hall–Kier alpha value is -3.92. The highest BCUT2D eigenvalue weighted by Crippen LogP contribution is 2.28. The Morgan fingerprint density at radius 1 is 1.16 bits per heavy atom. The molecule has 0 radical (unpaired) electrons. The number of nitrogens with zero attached hydrogens (tertiary/aromatic N) is 4. The molecule has 0 atom stereocenters. The van der Waals surface area contributed by atoms with Gasteiger partial charge in [-0.3, -0.25) is 9.36 Å². The molecule has 156 valence electrons. The van der Waals surface area contributed by atoms with Crippen LogP contribution in [0.2, 0.25) is 0 Å². The molecular formula is C21H16FN5O3S.